The second kappa shape index (κ2) is 8.11. The number of hydrogen-bond acceptors (Lipinski definition) is 2. The lowest BCUT2D eigenvalue weighted by molar-refractivity contribution is -0.915. The minimum absolute atomic E-state index is 0. The monoisotopic (exact) mass is 367 g/mol. The van der Waals surface area contributed by atoms with E-state index in [-0.39, 0.29) is 18.2 Å². The van der Waals surface area contributed by atoms with E-state index in [0.717, 1.165) is 30.8 Å². The molecule has 0 radical (unpaired) electrons. The lowest BCUT2D eigenvalue weighted by atomic mass is 9.89. The SMILES string of the molecule is COc1cc2c(cc1O)C(CCc1ccc(Cl)cc1)[NH+](C)CC2.[Cl-]. The van der Waals surface area contributed by atoms with E-state index in [1.54, 1.807) is 7.11 Å². The molecule has 0 aromatic heterocycles. The van der Waals surface area contributed by atoms with Crippen LogP contribution in [-0.4, -0.2) is 25.8 Å². The zero-order chi connectivity index (χ0) is 16.4. The largest absolute Gasteiger partial charge is 1.00 e. The third-order valence-electron chi connectivity index (χ3n) is 4.83. The van der Waals surface area contributed by atoms with Crippen molar-refractivity contribution in [3.05, 3.63) is 58.1 Å². The number of phenolic OH excluding ortho intramolecular Hbond substituents is 1. The van der Waals surface area contributed by atoms with Gasteiger partial charge in [-0.05, 0) is 41.8 Å². The van der Waals surface area contributed by atoms with Gasteiger partial charge in [0.2, 0.25) is 0 Å². The minimum Gasteiger partial charge on any atom is -1.00 e. The predicted molar refractivity (Wildman–Crippen MR) is 92.6 cm³/mol. The summed E-state index contributed by atoms with van der Waals surface area (Å²) >= 11 is 5.95. The number of aryl methyl sites for hydroxylation is 1. The number of likely N-dealkylation sites (N-methyl/N-ethyl adjacent to an activating group) is 1. The average Bonchev–Trinajstić information content (AvgIpc) is 2.55. The van der Waals surface area contributed by atoms with E-state index in [0.29, 0.717) is 11.8 Å². The summed E-state index contributed by atoms with van der Waals surface area (Å²) in [7, 11) is 3.83. The van der Waals surface area contributed by atoms with Gasteiger partial charge >= 0.3 is 0 Å². The Labute approximate surface area is 154 Å². The molecule has 1 aliphatic rings. The highest BCUT2D eigenvalue weighted by molar-refractivity contribution is 6.30. The Hall–Kier alpha value is -1.42. The maximum atomic E-state index is 10.1. The second-order valence-electron chi connectivity index (χ2n) is 6.29. The molecule has 1 heterocycles. The Balaban J connectivity index is 0.00000208. The predicted octanol–water partition coefficient (Wildman–Crippen LogP) is -0.197. The summed E-state index contributed by atoms with van der Waals surface area (Å²) in [5, 5.41) is 10.9. The van der Waals surface area contributed by atoms with Crippen molar-refractivity contribution >= 4 is 11.6 Å². The number of rotatable bonds is 4. The summed E-state index contributed by atoms with van der Waals surface area (Å²) in [4.78, 5) is 1.50. The number of nitrogens with one attached hydrogen (secondary N) is 1. The van der Waals surface area contributed by atoms with E-state index in [2.05, 4.69) is 19.2 Å². The van der Waals surface area contributed by atoms with Crippen LogP contribution in [0.2, 0.25) is 5.02 Å². The van der Waals surface area contributed by atoms with Gasteiger partial charge in [0, 0.05) is 23.4 Å². The molecule has 0 aliphatic carbocycles. The van der Waals surface area contributed by atoms with E-state index in [9.17, 15) is 5.11 Å². The molecule has 2 N–H and O–H groups in total. The Morgan fingerprint density at radius 2 is 1.96 bits per heavy atom. The minimum atomic E-state index is 0. The van der Waals surface area contributed by atoms with Crippen LogP contribution in [0.1, 0.15) is 29.2 Å². The average molecular weight is 368 g/mol. The molecule has 0 fully saturated rings. The number of aromatic hydroxyl groups is 1. The molecule has 2 atom stereocenters. The number of phenols is 1. The molecule has 2 aromatic rings. The van der Waals surface area contributed by atoms with E-state index in [4.69, 9.17) is 16.3 Å². The maximum Gasteiger partial charge on any atom is 0.160 e. The van der Waals surface area contributed by atoms with Crippen molar-refractivity contribution in [2.45, 2.75) is 25.3 Å². The van der Waals surface area contributed by atoms with Gasteiger partial charge in [0.05, 0.1) is 20.7 Å². The van der Waals surface area contributed by atoms with Gasteiger partial charge < -0.3 is 27.2 Å². The molecular formula is C19H23Cl2NO2. The zero-order valence-electron chi connectivity index (χ0n) is 14.0. The fourth-order valence-electron chi connectivity index (χ4n) is 3.47. The van der Waals surface area contributed by atoms with Crippen LogP contribution in [-0.2, 0) is 12.8 Å². The molecule has 0 bridgehead atoms. The quantitative estimate of drug-likeness (QED) is 0.784. The van der Waals surface area contributed by atoms with Crippen molar-refractivity contribution < 1.29 is 27.2 Å². The molecule has 24 heavy (non-hydrogen) atoms. The van der Waals surface area contributed by atoms with Gasteiger partial charge in [-0.15, -0.1) is 0 Å². The molecule has 0 amide bonds. The number of ether oxygens (including phenoxy) is 1. The molecule has 2 unspecified atom stereocenters. The highest BCUT2D eigenvalue weighted by Gasteiger charge is 2.29. The van der Waals surface area contributed by atoms with Crippen molar-refractivity contribution in [2.24, 2.45) is 0 Å². The van der Waals surface area contributed by atoms with E-state index in [1.165, 1.54) is 21.6 Å². The van der Waals surface area contributed by atoms with Crippen molar-refractivity contribution in [2.75, 3.05) is 20.7 Å². The highest BCUT2D eigenvalue weighted by atomic mass is 35.5. The number of benzene rings is 2. The number of methoxy groups -OCH3 is 1. The smallest absolute Gasteiger partial charge is 0.160 e. The molecule has 5 heteroatoms. The third kappa shape index (κ3) is 3.97. The van der Waals surface area contributed by atoms with Crippen LogP contribution < -0.4 is 22.0 Å². The Morgan fingerprint density at radius 1 is 1.25 bits per heavy atom. The summed E-state index contributed by atoms with van der Waals surface area (Å²) in [5.74, 6) is 0.803. The van der Waals surface area contributed by atoms with Gasteiger partial charge in [-0.25, -0.2) is 0 Å². The first-order chi connectivity index (χ1) is 11.1. The van der Waals surface area contributed by atoms with Crippen LogP contribution in [0.25, 0.3) is 0 Å². The van der Waals surface area contributed by atoms with Crippen molar-refractivity contribution in [3.63, 3.8) is 0 Å². The van der Waals surface area contributed by atoms with Crippen LogP contribution >= 0.6 is 11.6 Å². The molecule has 0 spiro atoms. The van der Waals surface area contributed by atoms with Crippen molar-refractivity contribution in [1.82, 2.24) is 0 Å². The number of halogens is 2. The van der Waals surface area contributed by atoms with Gasteiger partial charge in [0.15, 0.2) is 11.5 Å². The summed E-state index contributed by atoms with van der Waals surface area (Å²) in [5.41, 5.74) is 3.85. The van der Waals surface area contributed by atoms with Crippen molar-refractivity contribution in [3.8, 4) is 11.5 Å². The van der Waals surface area contributed by atoms with Gasteiger partial charge in [-0.2, -0.15) is 0 Å². The molecule has 2 aromatic carbocycles. The summed E-state index contributed by atoms with van der Waals surface area (Å²) in [6.07, 6.45) is 3.08. The molecule has 1 aliphatic heterocycles. The van der Waals surface area contributed by atoms with E-state index >= 15 is 0 Å². The van der Waals surface area contributed by atoms with E-state index in [1.807, 2.05) is 24.3 Å². The molecule has 0 saturated heterocycles. The summed E-state index contributed by atoms with van der Waals surface area (Å²) < 4.78 is 5.24. The Kier molecular flexibility index (Phi) is 6.39. The zero-order valence-corrected chi connectivity index (χ0v) is 15.5. The first-order valence-corrected chi connectivity index (χ1v) is 8.43. The van der Waals surface area contributed by atoms with E-state index < -0.39 is 0 Å². The molecule has 3 rings (SSSR count). The summed E-state index contributed by atoms with van der Waals surface area (Å²) in [6, 6.07) is 12.3. The fourth-order valence-corrected chi connectivity index (χ4v) is 3.59. The Morgan fingerprint density at radius 3 is 2.62 bits per heavy atom. The van der Waals surface area contributed by atoms with Crippen molar-refractivity contribution in [1.29, 1.82) is 0 Å². The van der Waals surface area contributed by atoms with Crippen LogP contribution in [0, 0.1) is 0 Å². The number of fused-ring (bicyclic) bond motifs is 1. The normalized spacial score (nSPS) is 19.3. The summed E-state index contributed by atoms with van der Waals surface area (Å²) in [6.45, 7) is 1.10. The number of quaternary nitrogens is 1. The third-order valence-corrected chi connectivity index (χ3v) is 5.09. The first-order valence-electron chi connectivity index (χ1n) is 8.05. The van der Waals surface area contributed by atoms with Crippen LogP contribution in [0.5, 0.6) is 11.5 Å². The van der Waals surface area contributed by atoms with Crippen LogP contribution in [0.3, 0.4) is 0 Å². The highest BCUT2D eigenvalue weighted by Crippen LogP contribution is 2.34. The van der Waals surface area contributed by atoms with Gasteiger partial charge in [0.1, 0.15) is 6.04 Å². The van der Waals surface area contributed by atoms with Gasteiger partial charge in [0.25, 0.3) is 0 Å². The van der Waals surface area contributed by atoms with Crippen LogP contribution in [0.4, 0.5) is 0 Å². The fraction of sp³-hybridized carbons (Fsp3) is 0.368. The van der Waals surface area contributed by atoms with Gasteiger partial charge in [-0.1, -0.05) is 23.7 Å². The molecule has 0 saturated carbocycles. The van der Waals surface area contributed by atoms with Gasteiger partial charge in [-0.3, -0.25) is 0 Å². The lowest BCUT2D eigenvalue weighted by Gasteiger charge is -2.32. The maximum absolute atomic E-state index is 10.1. The standard InChI is InChI=1S/C19H22ClNO2.ClH/c1-21-10-9-14-11-19(23-2)18(22)12-16(14)17(21)8-5-13-3-6-15(20)7-4-13;/h3-4,6-7,11-12,17,22H,5,8-10H2,1-2H3;1H. The molecular weight excluding hydrogens is 345 g/mol. The topological polar surface area (TPSA) is 33.9 Å². The molecule has 130 valence electrons. The Bertz CT molecular complexity index is 689. The molecule has 3 nitrogen and oxygen atoms in total. The van der Waals surface area contributed by atoms with Crippen LogP contribution in [0.15, 0.2) is 36.4 Å². The first kappa shape index (κ1) is 18.9. The number of hydrogen-bond donors (Lipinski definition) is 2. The lowest BCUT2D eigenvalue weighted by Crippen LogP contribution is -3.10. The second-order valence-corrected chi connectivity index (χ2v) is 6.72.